The van der Waals surface area contributed by atoms with E-state index in [1.165, 1.54) is 0 Å². The average molecular weight is 235 g/mol. The molecule has 1 rings (SSSR count). The molecule has 0 saturated carbocycles. The number of hydrogen-bond acceptors (Lipinski definition) is 3. The first kappa shape index (κ1) is 13.6. The van der Waals surface area contributed by atoms with Crippen molar-refractivity contribution in [3.05, 3.63) is 30.1 Å². The van der Waals surface area contributed by atoms with Gasteiger partial charge in [0.05, 0.1) is 17.8 Å². The van der Waals surface area contributed by atoms with Gasteiger partial charge in [0.1, 0.15) is 0 Å². The monoisotopic (exact) mass is 235 g/mol. The Morgan fingerprint density at radius 3 is 2.53 bits per heavy atom. The fourth-order valence-corrected chi connectivity index (χ4v) is 1.74. The van der Waals surface area contributed by atoms with Crippen molar-refractivity contribution in [1.29, 1.82) is 0 Å². The highest BCUT2D eigenvalue weighted by atomic mass is 16.2. The zero-order chi connectivity index (χ0) is 12.9. The Balaban J connectivity index is 2.71. The molecule has 94 valence electrons. The molecule has 0 spiro atoms. The lowest BCUT2D eigenvalue weighted by atomic mass is 9.92. The predicted octanol–water partition coefficient (Wildman–Crippen LogP) is 1.56. The molecule has 0 fully saturated rings. The molecule has 0 aliphatic carbocycles. The van der Waals surface area contributed by atoms with Gasteiger partial charge in [0.25, 0.3) is 0 Å². The van der Waals surface area contributed by atoms with Crippen molar-refractivity contribution in [3.8, 4) is 0 Å². The van der Waals surface area contributed by atoms with E-state index >= 15 is 0 Å². The summed E-state index contributed by atoms with van der Waals surface area (Å²) in [5.41, 5.74) is 6.21. The molecule has 4 heteroatoms. The number of rotatable bonds is 5. The Morgan fingerprint density at radius 1 is 1.41 bits per heavy atom. The Morgan fingerprint density at radius 2 is 2.06 bits per heavy atom. The zero-order valence-electron chi connectivity index (χ0n) is 10.8. The smallest absolute Gasteiger partial charge is 0.242 e. The molecule has 0 atom stereocenters. The molecule has 0 saturated heterocycles. The molecule has 1 aromatic heterocycles. The Labute approximate surface area is 103 Å². The number of nitrogens with two attached hydrogens (primary N) is 1. The number of hydrogen-bond donors (Lipinski definition) is 1. The molecule has 0 radical (unpaired) electrons. The third-order valence-corrected chi connectivity index (χ3v) is 3.16. The highest BCUT2D eigenvalue weighted by Crippen LogP contribution is 2.15. The van der Waals surface area contributed by atoms with E-state index in [-0.39, 0.29) is 5.91 Å². The highest BCUT2D eigenvalue weighted by molar-refractivity contribution is 5.85. The minimum atomic E-state index is -0.746. The van der Waals surface area contributed by atoms with Gasteiger partial charge < -0.3 is 10.6 Å². The van der Waals surface area contributed by atoms with Gasteiger partial charge in [-0.3, -0.25) is 9.78 Å². The first-order valence-electron chi connectivity index (χ1n) is 5.98. The van der Waals surface area contributed by atoms with Crippen LogP contribution < -0.4 is 5.73 Å². The van der Waals surface area contributed by atoms with E-state index in [1.807, 2.05) is 32.0 Å². The number of aromatic nitrogens is 1. The van der Waals surface area contributed by atoms with E-state index < -0.39 is 5.54 Å². The molecule has 0 aliphatic heterocycles. The van der Waals surface area contributed by atoms with Crippen LogP contribution in [0.4, 0.5) is 0 Å². The van der Waals surface area contributed by atoms with Gasteiger partial charge in [-0.25, -0.2) is 0 Å². The molecule has 1 aromatic rings. The van der Waals surface area contributed by atoms with E-state index in [0.717, 1.165) is 5.69 Å². The fraction of sp³-hybridized carbons (Fsp3) is 0.538. The zero-order valence-corrected chi connectivity index (χ0v) is 10.8. The molecule has 0 bridgehead atoms. The molecule has 0 unspecified atom stereocenters. The standard InChI is InChI=1S/C13H21N3O/c1-4-13(14,5-2)12(17)16(3)10-11-8-6-7-9-15-11/h6-9H,4-5,10,14H2,1-3H3. The van der Waals surface area contributed by atoms with Gasteiger partial charge in [-0.05, 0) is 25.0 Å². The topological polar surface area (TPSA) is 59.2 Å². The van der Waals surface area contributed by atoms with Crippen LogP contribution in [0.3, 0.4) is 0 Å². The Hall–Kier alpha value is -1.42. The largest absolute Gasteiger partial charge is 0.338 e. The van der Waals surface area contributed by atoms with Crippen LogP contribution in [0.5, 0.6) is 0 Å². The molecular weight excluding hydrogens is 214 g/mol. The second kappa shape index (κ2) is 5.77. The molecule has 4 nitrogen and oxygen atoms in total. The Kier molecular flexibility index (Phi) is 4.63. The predicted molar refractivity (Wildman–Crippen MR) is 68.2 cm³/mol. The molecule has 2 N–H and O–H groups in total. The minimum absolute atomic E-state index is 0.0202. The van der Waals surface area contributed by atoms with E-state index in [4.69, 9.17) is 5.73 Å². The first-order valence-corrected chi connectivity index (χ1v) is 5.98. The number of nitrogens with zero attached hydrogens (tertiary/aromatic N) is 2. The second-order valence-corrected chi connectivity index (χ2v) is 4.35. The van der Waals surface area contributed by atoms with E-state index in [2.05, 4.69) is 4.98 Å². The number of amides is 1. The average Bonchev–Trinajstić information content (AvgIpc) is 2.38. The van der Waals surface area contributed by atoms with Crippen molar-refractivity contribution >= 4 is 5.91 Å². The van der Waals surface area contributed by atoms with Crippen LogP contribution in [0.15, 0.2) is 24.4 Å². The van der Waals surface area contributed by atoms with Crippen LogP contribution in [-0.2, 0) is 11.3 Å². The van der Waals surface area contributed by atoms with Crippen LogP contribution in [-0.4, -0.2) is 28.4 Å². The van der Waals surface area contributed by atoms with Gasteiger partial charge in [0.2, 0.25) is 5.91 Å². The van der Waals surface area contributed by atoms with E-state index in [0.29, 0.717) is 19.4 Å². The van der Waals surface area contributed by atoms with Crippen molar-refractivity contribution in [2.45, 2.75) is 38.8 Å². The van der Waals surface area contributed by atoms with Gasteiger partial charge in [-0.2, -0.15) is 0 Å². The Bertz CT molecular complexity index is 360. The number of pyridine rings is 1. The van der Waals surface area contributed by atoms with Crippen LogP contribution >= 0.6 is 0 Å². The molecule has 17 heavy (non-hydrogen) atoms. The summed E-state index contributed by atoms with van der Waals surface area (Å²) in [5, 5.41) is 0. The van der Waals surface area contributed by atoms with Crippen molar-refractivity contribution in [2.24, 2.45) is 5.73 Å². The van der Waals surface area contributed by atoms with Crippen molar-refractivity contribution in [1.82, 2.24) is 9.88 Å². The third kappa shape index (κ3) is 3.27. The minimum Gasteiger partial charge on any atom is -0.338 e. The summed E-state index contributed by atoms with van der Waals surface area (Å²) >= 11 is 0. The van der Waals surface area contributed by atoms with Crippen molar-refractivity contribution < 1.29 is 4.79 Å². The number of likely N-dealkylation sites (N-methyl/N-ethyl adjacent to an activating group) is 1. The molecule has 1 heterocycles. The molecule has 0 aliphatic rings. The van der Waals surface area contributed by atoms with Gasteiger partial charge in [0, 0.05) is 13.2 Å². The summed E-state index contributed by atoms with van der Waals surface area (Å²) in [7, 11) is 1.77. The van der Waals surface area contributed by atoms with Gasteiger partial charge in [-0.1, -0.05) is 19.9 Å². The van der Waals surface area contributed by atoms with Gasteiger partial charge in [0.15, 0.2) is 0 Å². The van der Waals surface area contributed by atoms with E-state index in [9.17, 15) is 4.79 Å². The quantitative estimate of drug-likeness (QED) is 0.842. The fourth-order valence-electron chi connectivity index (χ4n) is 1.74. The van der Waals surface area contributed by atoms with Crippen LogP contribution in [0.25, 0.3) is 0 Å². The van der Waals surface area contributed by atoms with E-state index in [1.54, 1.807) is 18.1 Å². The van der Waals surface area contributed by atoms with Crippen LogP contribution in [0.2, 0.25) is 0 Å². The maximum atomic E-state index is 12.2. The summed E-state index contributed by atoms with van der Waals surface area (Å²) in [6, 6.07) is 5.67. The summed E-state index contributed by atoms with van der Waals surface area (Å²) in [5.74, 6) is -0.0202. The lowest BCUT2D eigenvalue weighted by molar-refractivity contribution is -0.136. The second-order valence-electron chi connectivity index (χ2n) is 4.35. The molecular formula is C13H21N3O. The van der Waals surface area contributed by atoms with Gasteiger partial charge in [-0.15, -0.1) is 0 Å². The highest BCUT2D eigenvalue weighted by Gasteiger charge is 2.32. The summed E-state index contributed by atoms with van der Waals surface area (Å²) in [6.07, 6.45) is 3.02. The summed E-state index contributed by atoms with van der Waals surface area (Å²) in [6.45, 7) is 4.38. The van der Waals surface area contributed by atoms with Crippen molar-refractivity contribution in [2.75, 3.05) is 7.05 Å². The van der Waals surface area contributed by atoms with Gasteiger partial charge >= 0.3 is 0 Å². The maximum absolute atomic E-state index is 12.2. The van der Waals surface area contributed by atoms with Crippen molar-refractivity contribution in [3.63, 3.8) is 0 Å². The summed E-state index contributed by atoms with van der Waals surface area (Å²) < 4.78 is 0. The SMILES string of the molecule is CCC(N)(CC)C(=O)N(C)Cc1ccccn1. The third-order valence-electron chi connectivity index (χ3n) is 3.16. The van der Waals surface area contributed by atoms with Crippen LogP contribution in [0.1, 0.15) is 32.4 Å². The lowest BCUT2D eigenvalue weighted by Gasteiger charge is -2.30. The lowest BCUT2D eigenvalue weighted by Crippen LogP contribution is -2.53. The molecule has 0 aromatic carbocycles. The van der Waals surface area contributed by atoms with Crippen LogP contribution in [0, 0.1) is 0 Å². The number of carbonyl (C=O) groups excluding carboxylic acids is 1. The molecule has 1 amide bonds. The normalized spacial score (nSPS) is 11.3. The maximum Gasteiger partial charge on any atom is 0.242 e. The first-order chi connectivity index (χ1) is 8.03. The summed E-state index contributed by atoms with van der Waals surface area (Å²) in [4.78, 5) is 18.1. The number of carbonyl (C=O) groups is 1.